The van der Waals surface area contributed by atoms with Gasteiger partial charge in [-0.05, 0) is 48.0 Å². The maximum absolute atomic E-state index is 13.0. The van der Waals surface area contributed by atoms with Crippen LogP contribution in [0.4, 0.5) is 5.69 Å². The Morgan fingerprint density at radius 1 is 0.886 bits per heavy atom. The predicted octanol–water partition coefficient (Wildman–Crippen LogP) is 5.09. The van der Waals surface area contributed by atoms with E-state index in [1.807, 2.05) is 0 Å². The maximum Gasteiger partial charge on any atom is 0.259 e. The molecule has 7 nitrogen and oxygen atoms in total. The Morgan fingerprint density at radius 2 is 1.57 bits per heavy atom. The van der Waals surface area contributed by atoms with E-state index in [4.69, 9.17) is 15.9 Å². The lowest BCUT2D eigenvalue weighted by molar-refractivity contribution is 0.102. The highest BCUT2D eigenvalue weighted by atomic mass is 32.2. The Bertz CT molecular complexity index is 1510. The first kappa shape index (κ1) is 23.7. The summed E-state index contributed by atoms with van der Waals surface area (Å²) >= 11 is 0. The fraction of sp³-hybridized carbons (Fsp3) is 0.0370. The van der Waals surface area contributed by atoms with Gasteiger partial charge in [-0.2, -0.15) is 0 Å². The fourth-order valence-corrected chi connectivity index (χ4v) is 4.47. The molecule has 8 heteroatoms. The van der Waals surface area contributed by atoms with Crippen molar-refractivity contribution >= 4 is 27.3 Å². The molecule has 0 radical (unpaired) electrons. The van der Waals surface area contributed by atoms with Gasteiger partial charge < -0.3 is 15.8 Å². The first-order valence-corrected chi connectivity index (χ1v) is 12.5. The molecule has 0 aliphatic heterocycles. The van der Waals surface area contributed by atoms with Crippen LogP contribution in [0, 0.1) is 5.41 Å². The second-order valence-electron chi connectivity index (χ2n) is 7.84. The Hall–Kier alpha value is -4.43. The van der Waals surface area contributed by atoms with E-state index in [2.05, 4.69) is 5.32 Å². The normalized spacial score (nSPS) is 11.0. The number of nitrogens with two attached hydrogens (primary N) is 1. The summed E-state index contributed by atoms with van der Waals surface area (Å²) in [4.78, 5) is 13.3. The van der Waals surface area contributed by atoms with Gasteiger partial charge in [0, 0.05) is 23.1 Å². The minimum Gasteiger partial charge on any atom is -0.457 e. The Balaban J connectivity index is 1.55. The summed E-state index contributed by atoms with van der Waals surface area (Å²) in [6, 6.07) is 27.3. The zero-order chi connectivity index (χ0) is 25.0. The number of benzene rings is 4. The van der Waals surface area contributed by atoms with E-state index in [-0.39, 0.29) is 16.6 Å². The SMILES string of the molecule is CS(=O)(=O)c1ccccc1-c1ccc(NC(=O)c2ccccc2Oc2cccc(C(=N)N)c2)cc1. The van der Waals surface area contributed by atoms with Crippen molar-refractivity contribution in [3.63, 3.8) is 0 Å². The molecule has 0 bridgehead atoms. The van der Waals surface area contributed by atoms with Gasteiger partial charge in [0.05, 0.1) is 10.5 Å². The number of rotatable bonds is 7. The number of ether oxygens (including phenoxy) is 1. The smallest absolute Gasteiger partial charge is 0.259 e. The van der Waals surface area contributed by atoms with E-state index >= 15 is 0 Å². The van der Waals surface area contributed by atoms with Crippen molar-refractivity contribution < 1.29 is 17.9 Å². The summed E-state index contributed by atoms with van der Waals surface area (Å²) in [7, 11) is -3.39. The van der Waals surface area contributed by atoms with Crippen molar-refractivity contribution in [3.05, 3.63) is 108 Å². The lowest BCUT2D eigenvalue weighted by Crippen LogP contribution is -2.13. The van der Waals surface area contributed by atoms with E-state index in [1.165, 1.54) is 6.26 Å². The third-order valence-corrected chi connectivity index (χ3v) is 6.40. The first-order valence-electron chi connectivity index (χ1n) is 10.6. The van der Waals surface area contributed by atoms with Gasteiger partial charge in [0.1, 0.15) is 17.3 Å². The van der Waals surface area contributed by atoms with E-state index in [9.17, 15) is 13.2 Å². The molecule has 4 aromatic carbocycles. The quantitative estimate of drug-likeness (QED) is 0.249. The lowest BCUT2D eigenvalue weighted by Gasteiger charge is -2.13. The molecule has 0 atom stereocenters. The standard InChI is InChI=1S/C27H23N3O4S/c1-35(32,33)25-12-5-3-9-22(25)18-13-15-20(16-14-18)30-27(31)23-10-2-4-11-24(23)34-21-8-6-7-19(17-21)26(28)29/h2-17H,1H3,(H3,28,29)(H,30,31). The monoisotopic (exact) mass is 485 g/mol. The van der Waals surface area contributed by atoms with Gasteiger partial charge in [0.2, 0.25) is 0 Å². The third-order valence-electron chi connectivity index (χ3n) is 5.24. The number of nitrogen functional groups attached to an aromatic ring is 1. The molecule has 176 valence electrons. The van der Waals surface area contributed by atoms with Gasteiger partial charge in [0.25, 0.3) is 5.91 Å². The highest BCUT2D eigenvalue weighted by Crippen LogP contribution is 2.29. The number of anilines is 1. The van der Waals surface area contributed by atoms with Crippen LogP contribution in [0.1, 0.15) is 15.9 Å². The van der Waals surface area contributed by atoms with Crippen LogP contribution in [0.5, 0.6) is 11.5 Å². The number of carbonyl (C=O) groups excluding carboxylic acids is 1. The number of hydrogen-bond acceptors (Lipinski definition) is 5. The molecule has 0 aliphatic carbocycles. The van der Waals surface area contributed by atoms with Gasteiger partial charge in [-0.3, -0.25) is 10.2 Å². The topological polar surface area (TPSA) is 122 Å². The minimum atomic E-state index is -3.39. The molecule has 0 fully saturated rings. The number of nitrogens with one attached hydrogen (secondary N) is 2. The summed E-state index contributed by atoms with van der Waals surface area (Å²) in [5, 5.41) is 10.4. The van der Waals surface area contributed by atoms with Gasteiger partial charge in [-0.25, -0.2) is 8.42 Å². The highest BCUT2D eigenvalue weighted by Gasteiger charge is 2.16. The van der Waals surface area contributed by atoms with Crippen LogP contribution in [0.2, 0.25) is 0 Å². The summed E-state index contributed by atoms with van der Waals surface area (Å²) in [6.07, 6.45) is 1.18. The molecule has 35 heavy (non-hydrogen) atoms. The molecule has 0 aliphatic rings. The van der Waals surface area contributed by atoms with Crippen LogP contribution in [0.15, 0.2) is 102 Å². The molecule has 1 amide bonds. The van der Waals surface area contributed by atoms with Crippen LogP contribution in [-0.4, -0.2) is 26.4 Å². The van der Waals surface area contributed by atoms with Crippen molar-refractivity contribution in [2.75, 3.05) is 11.6 Å². The van der Waals surface area contributed by atoms with Crippen LogP contribution in [0.25, 0.3) is 11.1 Å². The van der Waals surface area contributed by atoms with Crippen molar-refractivity contribution in [1.29, 1.82) is 5.41 Å². The summed E-state index contributed by atoms with van der Waals surface area (Å²) in [5.41, 5.74) is 8.26. The first-order chi connectivity index (χ1) is 16.7. The predicted molar refractivity (Wildman–Crippen MR) is 137 cm³/mol. The maximum atomic E-state index is 13.0. The molecule has 0 saturated carbocycles. The lowest BCUT2D eigenvalue weighted by atomic mass is 10.1. The number of hydrogen-bond donors (Lipinski definition) is 3. The third kappa shape index (κ3) is 5.56. The van der Waals surface area contributed by atoms with Crippen molar-refractivity contribution in [2.45, 2.75) is 4.90 Å². The number of sulfone groups is 1. The average molecular weight is 486 g/mol. The van der Waals surface area contributed by atoms with Gasteiger partial charge >= 0.3 is 0 Å². The zero-order valence-electron chi connectivity index (χ0n) is 18.9. The molecule has 0 unspecified atom stereocenters. The number of para-hydroxylation sites is 1. The summed E-state index contributed by atoms with van der Waals surface area (Å²) < 4.78 is 30.2. The minimum absolute atomic E-state index is 0.0796. The molecule has 0 heterocycles. The average Bonchev–Trinajstić information content (AvgIpc) is 2.84. The fourth-order valence-electron chi connectivity index (χ4n) is 3.56. The van der Waals surface area contributed by atoms with Crippen LogP contribution < -0.4 is 15.8 Å². The zero-order valence-corrected chi connectivity index (χ0v) is 19.7. The second kappa shape index (κ2) is 9.82. The Labute approximate surface area is 203 Å². The molecule has 0 aromatic heterocycles. The van der Waals surface area contributed by atoms with E-state index in [0.717, 1.165) is 5.56 Å². The van der Waals surface area contributed by atoms with Crippen LogP contribution in [0.3, 0.4) is 0 Å². The summed E-state index contributed by atoms with van der Waals surface area (Å²) in [5.74, 6) is 0.355. The molecular weight excluding hydrogens is 462 g/mol. The van der Waals surface area contributed by atoms with Crippen molar-refractivity contribution in [3.8, 4) is 22.6 Å². The van der Waals surface area contributed by atoms with E-state index in [0.29, 0.717) is 33.9 Å². The van der Waals surface area contributed by atoms with E-state index in [1.54, 1.807) is 97.1 Å². The van der Waals surface area contributed by atoms with E-state index < -0.39 is 9.84 Å². The molecule has 4 aromatic rings. The van der Waals surface area contributed by atoms with Crippen molar-refractivity contribution in [2.24, 2.45) is 5.73 Å². The Morgan fingerprint density at radius 3 is 2.29 bits per heavy atom. The summed E-state index contributed by atoms with van der Waals surface area (Å²) in [6.45, 7) is 0. The largest absolute Gasteiger partial charge is 0.457 e. The molecule has 0 spiro atoms. The number of amidine groups is 1. The number of carbonyl (C=O) groups is 1. The second-order valence-corrected chi connectivity index (χ2v) is 9.82. The van der Waals surface area contributed by atoms with Crippen LogP contribution >= 0.6 is 0 Å². The molecule has 0 saturated heterocycles. The van der Waals surface area contributed by atoms with Crippen LogP contribution in [-0.2, 0) is 9.84 Å². The number of amides is 1. The van der Waals surface area contributed by atoms with Crippen molar-refractivity contribution in [1.82, 2.24) is 0 Å². The van der Waals surface area contributed by atoms with Gasteiger partial charge in [-0.1, -0.05) is 54.6 Å². The van der Waals surface area contributed by atoms with Gasteiger partial charge in [0.15, 0.2) is 9.84 Å². The van der Waals surface area contributed by atoms with Gasteiger partial charge in [-0.15, -0.1) is 0 Å². The highest BCUT2D eigenvalue weighted by molar-refractivity contribution is 7.90. The molecule has 4 N–H and O–H groups in total. The Kier molecular flexibility index (Phi) is 6.66. The molecule has 4 rings (SSSR count). The molecular formula is C27H23N3O4S.